The average Bonchev–Trinajstić information content (AvgIpc) is 3.00. The highest BCUT2D eigenvalue weighted by Crippen LogP contribution is 2.37. The normalized spacial score (nSPS) is 21.4. The summed E-state index contributed by atoms with van der Waals surface area (Å²) in [4.78, 5) is 10.6. The molecule has 3 N–H and O–H groups in total. The van der Waals surface area contributed by atoms with E-state index in [9.17, 15) is 4.79 Å². The lowest BCUT2D eigenvalue weighted by molar-refractivity contribution is 0.192. The molecule has 1 aromatic carbocycles. The first-order chi connectivity index (χ1) is 9.15. The van der Waals surface area contributed by atoms with Gasteiger partial charge in [-0.3, -0.25) is 0 Å². The van der Waals surface area contributed by atoms with E-state index in [0.717, 1.165) is 6.42 Å². The Labute approximate surface area is 113 Å². The van der Waals surface area contributed by atoms with Crippen molar-refractivity contribution in [3.8, 4) is 0 Å². The van der Waals surface area contributed by atoms with Crippen molar-refractivity contribution in [1.82, 2.24) is 5.32 Å². The second kappa shape index (κ2) is 4.76. The zero-order chi connectivity index (χ0) is 13.4. The van der Waals surface area contributed by atoms with Crippen LogP contribution in [0.4, 0.5) is 10.5 Å². The highest BCUT2D eigenvalue weighted by atomic mass is 16.4. The third kappa shape index (κ3) is 2.27. The van der Waals surface area contributed by atoms with Crippen molar-refractivity contribution in [2.75, 3.05) is 11.9 Å². The molecule has 1 aliphatic carbocycles. The number of benzene rings is 1. The Hall–Kier alpha value is -1.71. The topological polar surface area (TPSA) is 61.4 Å². The van der Waals surface area contributed by atoms with Crippen molar-refractivity contribution in [3.05, 3.63) is 28.8 Å². The Morgan fingerprint density at radius 3 is 3.05 bits per heavy atom. The van der Waals surface area contributed by atoms with Crippen LogP contribution in [0.25, 0.3) is 0 Å². The van der Waals surface area contributed by atoms with Crippen molar-refractivity contribution >= 4 is 11.8 Å². The summed E-state index contributed by atoms with van der Waals surface area (Å²) in [7, 11) is 0. The predicted molar refractivity (Wildman–Crippen MR) is 74.8 cm³/mol. The van der Waals surface area contributed by atoms with E-state index >= 15 is 0 Å². The smallest absolute Gasteiger partial charge is 0.404 e. The Morgan fingerprint density at radius 2 is 2.26 bits per heavy atom. The molecular formula is C15H20N2O2. The molecule has 2 atom stereocenters. The van der Waals surface area contributed by atoms with Crippen LogP contribution >= 0.6 is 0 Å². The highest BCUT2D eigenvalue weighted by molar-refractivity contribution is 5.66. The van der Waals surface area contributed by atoms with Crippen LogP contribution in [0.3, 0.4) is 0 Å². The maximum absolute atomic E-state index is 10.6. The van der Waals surface area contributed by atoms with Gasteiger partial charge in [0.25, 0.3) is 0 Å². The minimum Gasteiger partial charge on any atom is -0.465 e. The number of nitrogens with one attached hydrogen (secondary N) is 2. The highest BCUT2D eigenvalue weighted by Gasteiger charge is 2.29. The predicted octanol–water partition coefficient (Wildman–Crippen LogP) is 2.42. The van der Waals surface area contributed by atoms with Gasteiger partial charge >= 0.3 is 6.09 Å². The van der Waals surface area contributed by atoms with Gasteiger partial charge in [-0.05, 0) is 48.3 Å². The number of amides is 1. The SMILES string of the molecule is C[C@@H](CNC(=O)O)[C@@H]1Cc2ccc3c(c2N1)CCC3. The quantitative estimate of drug-likeness (QED) is 0.782. The fourth-order valence-corrected chi connectivity index (χ4v) is 3.27. The molecule has 0 saturated carbocycles. The third-order valence-corrected chi connectivity index (χ3v) is 4.40. The van der Waals surface area contributed by atoms with Crippen LogP contribution in [0.2, 0.25) is 0 Å². The van der Waals surface area contributed by atoms with Gasteiger partial charge in [0.1, 0.15) is 0 Å². The monoisotopic (exact) mass is 260 g/mol. The van der Waals surface area contributed by atoms with Gasteiger partial charge in [0.2, 0.25) is 0 Å². The molecule has 0 saturated heterocycles. The van der Waals surface area contributed by atoms with Gasteiger partial charge in [-0.1, -0.05) is 19.1 Å². The van der Waals surface area contributed by atoms with Crippen LogP contribution in [0.15, 0.2) is 12.1 Å². The summed E-state index contributed by atoms with van der Waals surface area (Å²) >= 11 is 0. The second-order valence-electron chi connectivity index (χ2n) is 5.71. The molecule has 3 rings (SSSR count). The summed E-state index contributed by atoms with van der Waals surface area (Å²) in [6.07, 6.45) is 3.70. The maximum Gasteiger partial charge on any atom is 0.404 e. The molecular weight excluding hydrogens is 240 g/mol. The first-order valence-corrected chi connectivity index (χ1v) is 7.02. The first-order valence-electron chi connectivity index (χ1n) is 7.02. The van der Waals surface area contributed by atoms with E-state index in [2.05, 4.69) is 29.7 Å². The summed E-state index contributed by atoms with van der Waals surface area (Å²) in [6.45, 7) is 2.60. The zero-order valence-electron chi connectivity index (χ0n) is 11.2. The van der Waals surface area contributed by atoms with Crippen LogP contribution in [0, 0.1) is 5.92 Å². The van der Waals surface area contributed by atoms with E-state index in [1.165, 1.54) is 41.6 Å². The molecule has 0 radical (unpaired) electrons. The van der Waals surface area contributed by atoms with Gasteiger partial charge in [-0.25, -0.2) is 4.79 Å². The number of aryl methyl sites for hydroxylation is 1. The summed E-state index contributed by atoms with van der Waals surface area (Å²) in [5.41, 5.74) is 5.72. The van der Waals surface area contributed by atoms with E-state index in [0.29, 0.717) is 18.5 Å². The van der Waals surface area contributed by atoms with Gasteiger partial charge in [0, 0.05) is 18.3 Å². The van der Waals surface area contributed by atoms with E-state index in [4.69, 9.17) is 5.11 Å². The van der Waals surface area contributed by atoms with Crippen LogP contribution in [-0.2, 0) is 19.3 Å². The van der Waals surface area contributed by atoms with Gasteiger partial charge < -0.3 is 15.7 Å². The number of hydrogen-bond donors (Lipinski definition) is 3. The molecule has 1 aromatic rings. The van der Waals surface area contributed by atoms with E-state index in [-0.39, 0.29) is 0 Å². The second-order valence-corrected chi connectivity index (χ2v) is 5.71. The van der Waals surface area contributed by atoms with Gasteiger partial charge in [-0.2, -0.15) is 0 Å². The Morgan fingerprint density at radius 1 is 1.47 bits per heavy atom. The fourth-order valence-electron chi connectivity index (χ4n) is 3.27. The van der Waals surface area contributed by atoms with Crippen LogP contribution in [-0.4, -0.2) is 23.8 Å². The molecule has 1 aliphatic heterocycles. The standard InChI is InChI=1S/C15H20N2O2/c1-9(8-16-15(18)19)13-7-11-6-5-10-3-2-4-12(10)14(11)17-13/h5-6,9,13,16-17H,2-4,7-8H2,1H3,(H,18,19)/t9-,13-/m0/s1. The minimum absolute atomic E-state index is 0.292. The van der Waals surface area contributed by atoms with Crippen LogP contribution in [0.5, 0.6) is 0 Å². The average molecular weight is 260 g/mol. The molecule has 102 valence electrons. The number of carboxylic acid groups (broad SMARTS) is 1. The molecule has 4 heteroatoms. The molecule has 1 amide bonds. The Bertz CT molecular complexity index is 513. The van der Waals surface area contributed by atoms with Crippen molar-refractivity contribution in [2.45, 2.75) is 38.6 Å². The van der Waals surface area contributed by atoms with Gasteiger partial charge in [-0.15, -0.1) is 0 Å². The van der Waals surface area contributed by atoms with E-state index in [1.54, 1.807) is 0 Å². The van der Waals surface area contributed by atoms with Crippen LogP contribution < -0.4 is 10.6 Å². The van der Waals surface area contributed by atoms with Crippen molar-refractivity contribution < 1.29 is 9.90 Å². The molecule has 0 bridgehead atoms. The molecule has 4 nitrogen and oxygen atoms in total. The molecule has 0 fully saturated rings. The molecule has 2 aliphatic rings. The number of rotatable bonds is 3. The molecule has 0 aromatic heterocycles. The van der Waals surface area contributed by atoms with Crippen molar-refractivity contribution in [1.29, 1.82) is 0 Å². The lowest BCUT2D eigenvalue weighted by Gasteiger charge is -2.20. The molecule has 0 spiro atoms. The summed E-state index contributed by atoms with van der Waals surface area (Å²) in [5, 5.41) is 14.8. The molecule has 19 heavy (non-hydrogen) atoms. The zero-order valence-corrected chi connectivity index (χ0v) is 11.2. The molecule has 1 heterocycles. The Kier molecular flexibility index (Phi) is 3.09. The number of hydrogen-bond acceptors (Lipinski definition) is 2. The van der Waals surface area contributed by atoms with Crippen molar-refractivity contribution in [3.63, 3.8) is 0 Å². The largest absolute Gasteiger partial charge is 0.465 e. The Balaban J connectivity index is 1.72. The summed E-state index contributed by atoms with van der Waals surface area (Å²) < 4.78 is 0. The number of fused-ring (bicyclic) bond motifs is 3. The van der Waals surface area contributed by atoms with Crippen molar-refractivity contribution in [2.24, 2.45) is 5.92 Å². The first kappa shape index (κ1) is 12.3. The van der Waals surface area contributed by atoms with E-state index < -0.39 is 6.09 Å². The number of anilines is 1. The summed E-state index contributed by atoms with van der Waals surface area (Å²) in [6, 6.07) is 4.85. The van der Waals surface area contributed by atoms with Crippen LogP contribution in [0.1, 0.15) is 30.0 Å². The van der Waals surface area contributed by atoms with E-state index in [1.807, 2.05) is 0 Å². The maximum atomic E-state index is 10.6. The number of carbonyl (C=O) groups is 1. The van der Waals surface area contributed by atoms with Gasteiger partial charge in [0.05, 0.1) is 0 Å². The lowest BCUT2D eigenvalue weighted by atomic mass is 9.97. The molecule has 0 unspecified atom stereocenters. The fraction of sp³-hybridized carbons (Fsp3) is 0.533. The third-order valence-electron chi connectivity index (χ3n) is 4.40. The minimum atomic E-state index is -0.941. The summed E-state index contributed by atoms with van der Waals surface area (Å²) in [5.74, 6) is 0.292. The lowest BCUT2D eigenvalue weighted by Crippen LogP contribution is -2.35. The van der Waals surface area contributed by atoms with Gasteiger partial charge in [0.15, 0.2) is 0 Å².